The fourth-order valence-electron chi connectivity index (χ4n) is 6.10. The van der Waals surface area contributed by atoms with Gasteiger partial charge in [-0.25, -0.2) is 0 Å². The monoisotopic (exact) mass is 619 g/mol. The van der Waals surface area contributed by atoms with E-state index < -0.39 is 0 Å². The zero-order chi connectivity index (χ0) is 33.8. The van der Waals surface area contributed by atoms with Gasteiger partial charge in [-0.1, -0.05) is 162 Å². The third kappa shape index (κ3) is 9.23. The summed E-state index contributed by atoms with van der Waals surface area (Å²) in [4.78, 5) is 0. The quantitative estimate of drug-likeness (QED) is 0.207. The first-order valence-electron chi connectivity index (χ1n) is 17.4. The van der Waals surface area contributed by atoms with E-state index in [0.29, 0.717) is 5.92 Å². The molecule has 0 saturated heterocycles. The fraction of sp³-hybridized carbons (Fsp3) is 0.261. The summed E-state index contributed by atoms with van der Waals surface area (Å²) < 4.78 is 0. The van der Waals surface area contributed by atoms with Crippen LogP contribution in [0.25, 0.3) is 28.1 Å². The molecule has 0 heterocycles. The van der Waals surface area contributed by atoms with E-state index in [1.165, 1.54) is 44.2 Å². The maximum atomic E-state index is 4.39. The van der Waals surface area contributed by atoms with Gasteiger partial charge in [-0.15, -0.1) is 0 Å². The van der Waals surface area contributed by atoms with E-state index in [1.807, 2.05) is 13.8 Å². The number of hydrogen-bond donors (Lipinski definition) is 1. The summed E-state index contributed by atoms with van der Waals surface area (Å²) in [5.41, 5.74) is 12.4. The Balaban J connectivity index is 0.000000277. The average Bonchev–Trinajstić information content (AvgIpc) is 3.12. The van der Waals surface area contributed by atoms with E-state index in [9.17, 15) is 0 Å². The number of hydrogen-bond acceptors (Lipinski definition) is 1. The van der Waals surface area contributed by atoms with Gasteiger partial charge >= 0.3 is 0 Å². The van der Waals surface area contributed by atoms with Crippen LogP contribution in [0.3, 0.4) is 0 Å². The molecule has 2 aliphatic rings. The summed E-state index contributed by atoms with van der Waals surface area (Å²) in [5, 5.41) is 6.26. The molecule has 4 aromatic carbocycles. The molecule has 1 nitrogen and oxygen atoms in total. The molecule has 0 saturated carbocycles. The highest BCUT2D eigenvalue weighted by molar-refractivity contribution is 5.84. The summed E-state index contributed by atoms with van der Waals surface area (Å²) >= 11 is 0. The van der Waals surface area contributed by atoms with E-state index in [-0.39, 0.29) is 6.04 Å². The van der Waals surface area contributed by atoms with Crippen LogP contribution < -0.4 is 5.32 Å². The van der Waals surface area contributed by atoms with Crippen molar-refractivity contribution in [2.75, 3.05) is 0 Å². The van der Waals surface area contributed by atoms with E-state index in [1.54, 1.807) is 0 Å². The van der Waals surface area contributed by atoms with Gasteiger partial charge in [-0.2, -0.15) is 0 Å². The lowest BCUT2D eigenvalue weighted by Crippen LogP contribution is -2.17. The Bertz CT molecular complexity index is 1790. The van der Waals surface area contributed by atoms with Crippen molar-refractivity contribution in [3.63, 3.8) is 0 Å². The zero-order valence-corrected chi connectivity index (χ0v) is 29.4. The molecule has 0 aromatic heterocycles. The summed E-state index contributed by atoms with van der Waals surface area (Å²) in [6.07, 6.45) is 17.7. The highest BCUT2D eigenvalue weighted by Gasteiger charge is 2.13. The van der Waals surface area contributed by atoms with Crippen LogP contribution >= 0.6 is 0 Å². The number of rotatable bonds is 8. The van der Waals surface area contributed by atoms with Crippen LogP contribution in [-0.4, -0.2) is 0 Å². The van der Waals surface area contributed by atoms with Crippen LogP contribution in [-0.2, 0) is 6.42 Å². The Labute approximate surface area is 284 Å². The molecule has 0 fully saturated rings. The molecule has 0 radical (unpaired) electrons. The Morgan fingerprint density at radius 2 is 1.38 bits per heavy atom. The lowest BCUT2D eigenvalue weighted by molar-refractivity contribution is 0.700. The summed E-state index contributed by atoms with van der Waals surface area (Å²) in [5.74, 6) is 0.615. The molecule has 2 aliphatic carbocycles. The van der Waals surface area contributed by atoms with Crippen molar-refractivity contribution >= 4 is 28.1 Å². The third-order valence-corrected chi connectivity index (χ3v) is 8.86. The molecule has 1 unspecified atom stereocenters. The van der Waals surface area contributed by atoms with Crippen LogP contribution in [0.2, 0.25) is 0 Å². The lowest BCUT2D eigenvalue weighted by Gasteiger charge is -2.20. The minimum atomic E-state index is 0.203. The van der Waals surface area contributed by atoms with E-state index in [2.05, 4.69) is 168 Å². The summed E-state index contributed by atoms with van der Waals surface area (Å²) in [7, 11) is 0. The molecular formula is C46H53N. The highest BCUT2D eigenvalue weighted by atomic mass is 14.9. The molecule has 0 spiro atoms. The van der Waals surface area contributed by atoms with Gasteiger partial charge in [0.15, 0.2) is 0 Å². The molecule has 6 rings (SSSR count). The normalized spacial score (nSPS) is 14.2. The molecule has 1 heteroatoms. The first-order valence-corrected chi connectivity index (χ1v) is 17.4. The first-order chi connectivity index (χ1) is 22.8. The van der Waals surface area contributed by atoms with Crippen LogP contribution in [0, 0.1) is 0 Å². The first kappa shape index (κ1) is 35.2. The standard InChI is InChI=1S/C31H33N.C13H14.C2H6/c1-5-10-28-12-8-9-14-31(28)22(2)25-15-17-26(18-16-25)23(3)32-24(4)29-20-19-27-11-6-7-13-30(27)21-29;1-10(2)12-8-7-11-5-3-4-6-13(11)9-12;1-2/h5-6,9-11,14-21,24,32H,2-3,7-8,12-13H2,1,4H3;3-10H,1-2H3;1-2H3/b10-5-;;. The fourth-order valence-corrected chi connectivity index (χ4v) is 6.10. The van der Waals surface area contributed by atoms with Crippen LogP contribution in [0.1, 0.15) is 106 Å². The minimum absolute atomic E-state index is 0.203. The van der Waals surface area contributed by atoms with Gasteiger partial charge in [0.05, 0.1) is 0 Å². The SMILES string of the molecule is C=C(NC(C)c1ccc2c(c1)CCC=C2)c1ccc(C(=C)C2=C(/C=C\C)CCC=C2)cc1.CC.CC(C)c1ccc2ccccc2c1. The van der Waals surface area contributed by atoms with Crippen LogP contribution in [0.15, 0.2) is 140 Å². The Morgan fingerprint density at radius 3 is 2.11 bits per heavy atom. The van der Waals surface area contributed by atoms with Gasteiger partial charge in [0.1, 0.15) is 0 Å². The number of aryl methyl sites for hydroxylation is 1. The second-order valence-corrected chi connectivity index (χ2v) is 12.4. The molecule has 1 N–H and O–H groups in total. The molecule has 0 bridgehead atoms. The predicted molar refractivity (Wildman–Crippen MR) is 209 cm³/mol. The zero-order valence-electron chi connectivity index (χ0n) is 29.4. The van der Waals surface area contributed by atoms with Gasteiger partial charge in [-0.3, -0.25) is 0 Å². The summed E-state index contributed by atoms with van der Waals surface area (Å²) in [6, 6.07) is 30.8. The predicted octanol–water partition coefficient (Wildman–Crippen LogP) is 13.2. The van der Waals surface area contributed by atoms with Crippen molar-refractivity contribution in [1.82, 2.24) is 5.32 Å². The smallest absolute Gasteiger partial charge is 0.0485 e. The van der Waals surface area contributed by atoms with E-state index in [4.69, 9.17) is 0 Å². The van der Waals surface area contributed by atoms with Crippen molar-refractivity contribution in [3.8, 4) is 0 Å². The maximum absolute atomic E-state index is 4.39. The topological polar surface area (TPSA) is 12.0 Å². The molecule has 0 amide bonds. The van der Waals surface area contributed by atoms with Crippen molar-refractivity contribution < 1.29 is 0 Å². The number of fused-ring (bicyclic) bond motifs is 2. The highest BCUT2D eigenvalue weighted by Crippen LogP contribution is 2.32. The minimum Gasteiger partial charge on any atom is -0.379 e. The lowest BCUT2D eigenvalue weighted by atomic mass is 9.89. The number of allylic oxidation sites excluding steroid dienone is 8. The van der Waals surface area contributed by atoms with Crippen LogP contribution in [0.4, 0.5) is 0 Å². The molecule has 47 heavy (non-hydrogen) atoms. The summed E-state index contributed by atoms with van der Waals surface area (Å²) in [6.45, 7) is 21.4. The van der Waals surface area contributed by atoms with Crippen LogP contribution in [0.5, 0.6) is 0 Å². The average molecular weight is 620 g/mol. The Kier molecular flexibility index (Phi) is 13.0. The number of nitrogens with one attached hydrogen (secondary N) is 1. The van der Waals surface area contributed by atoms with Crippen molar-refractivity contribution in [1.29, 1.82) is 0 Å². The molecular weight excluding hydrogens is 567 g/mol. The van der Waals surface area contributed by atoms with Crippen molar-refractivity contribution in [3.05, 3.63) is 173 Å². The van der Waals surface area contributed by atoms with Crippen molar-refractivity contribution in [2.45, 2.75) is 79.2 Å². The van der Waals surface area contributed by atoms with Crippen molar-refractivity contribution in [2.24, 2.45) is 0 Å². The molecule has 1 atom stereocenters. The van der Waals surface area contributed by atoms with Gasteiger partial charge in [-0.05, 0) is 106 Å². The molecule has 4 aromatic rings. The third-order valence-electron chi connectivity index (χ3n) is 8.86. The molecule has 0 aliphatic heterocycles. The molecule has 242 valence electrons. The van der Waals surface area contributed by atoms with E-state index in [0.717, 1.165) is 48.1 Å². The van der Waals surface area contributed by atoms with Gasteiger partial charge in [0.25, 0.3) is 0 Å². The number of benzene rings is 4. The second-order valence-electron chi connectivity index (χ2n) is 12.4. The second kappa shape index (κ2) is 17.3. The van der Waals surface area contributed by atoms with Gasteiger partial charge in [0.2, 0.25) is 0 Å². The van der Waals surface area contributed by atoms with E-state index >= 15 is 0 Å². The largest absolute Gasteiger partial charge is 0.379 e. The van der Waals surface area contributed by atoms with Gasteiger partial charge in [0, 0.05) is 11.7 Å². The van der Waals surface area contributed by atoms with Gasteiger partial charge < -0.3 is 5.32 Å². The maximum Gasteiger partial charge on any atom is 0.0485 e. The Morgan fingerprint density at radius 1 is 0.723 bits per heavy atom. The Hall–Kier alpha value is -4.62.